The first kappa shape index (κ1) is 12.4. The molecule has 3 N–H and O–H groups in total. The Balaban J connectivity index is 3.76. The maximum absolute atomic E-state index is 11.3. The fourth-order valence-electron chi connectivity index (χ4n) is 1.07. The molecule has 0 aliphatic rings. The Kier molecular flexibility index (Phi) is 6.59. The first-order valence-electron chi connectivity index (χ1n) is 5.12. The first-order valence-corrected chi connectivity index (χ1v) is 5.12. The van der Waals surface area contributed by atoms with Crippen LogP contribution < -0.4 is 11.1 Å². The van der Waals surface area contributed by atoms with Gasteiger partial charge in [0.15, 0.2) is 0 Å². The Morgan fingerprint density at radius 1 is 1.46 bits per heavy atom. The van der Waals surface area contributed by atoms with Crippen LogP contribution in [0.2, 0.25) is 0 Å². The summed E-state index contributed by atoms with van der Waals surface area (Å²) in [5.74, 6) is 0.155. The molecule has 0 aromatic rings. The standard InChI is InChI=1S/C10H22N2O/c1-4-5-6-9(7-11)12-10(13)8(2)3/h8-9H,4-7,11H2,1-3H3,(H,12,13). The Hall–Kier alpha value is -0.570. The maximum Gasteiger partial charge on any atom is 0.222 e. The third-order valence-electron chi connectivity index (χ3n) is 2.06. The summed E-state index contributed by atoms with van der Waals surface area (Å²) in [6.45, 7) is 6.46. The summed E-state index contributed by atoms with van der Waals surface area (Å²) < 4.78 is 0. The third-order valence-corrected chi connectivity index (χ3v) is 2.06. The van der Waals surface area contributed by atoms with Crippen molar-refractivity contribution in [1.29, 1.82) is 0 Å². The Bertz CT molecular complexity index is 146. The molecule has 1 amide bonds. The van der Waals surface area contributed by atoms with Gasteiger partial charge in [-0.05, 0) is 6.42 Å². The molecule has 0 rings (SSSR count). The van der Waals surface area contributed by atoms with Gasteiger partial charge in [0.1, 0.15) is 0 Å². The van der Waals surface area contributed by atoms with Crippen LogP contribution in [0.3, 0.4) is 0 Å². The average Bonchev–Trinajstić information content (AvgIpc) is 2.11. The second-order valence-electron chi connectivity index (χ2n) is 3.74. The zero-order valence-corrected chi connectivity index (χ0v) is 8.97. The largest absolute Gasteiger partial charge is 0.352 e. The molecule has 0 bridgehead atoms. The first-order chi connectivity index (χ1) is 6.11. The van der Waals surface area contributed by atoms with Crippen LogP contribution in [0.5, 0.6) is 0 Å². The fourth-order valence-corrected chi connectivity index (χ4v) is 1.07. The zero-order chi connectivity index (χ0) is 10.3. The smallest absolute Gasteiger partial charge is 0.222 e. The maximum atomic E-state index is 11.3. The van der Waals surface area contributed by atoms with Crippen molar-refractivity contribution in [2.75, 3.05) is 6.54 Å². The molecule has 0 saturated heterocycles. The highest BCUT2D eigenvalue weighted by Crippen LogP contribution is 2.01. The average molecular weight is 186 g/mol. The fraction of sp³-hybridized carbons (Fsp3) is 0.900. The predicted molar refractivity (Wildman–Crippen MR) is 55.3 cm³/mol. The summed E-state index contributed by atoms with van der Waals surface area (Å²) in [5, 5.41) is 2.94. The SMILES string of the molecule is CCCCC(CN)NC(=O)C(C)C. The topological polar surface area (TPSA) is 55.1 Å². The molecule has 78 valence electrons. The number of carbonyl (C=O) groups excluding carboxylic acids is 1. The number of carbonyl (C=O) groups is 1. The Morgan fingerprint density at radius 3 is 2.46 bits per heavy atom. The van der Waals surface area contributed by atoms with Gasteiger partial charge in [-0.2, -0.15) is 0 Å². The third kappa shape index (κ3) is 5.64. The van der Waals surface area contributed by atoms with Gasteiger partial charge in [-0.25, -0.2) is 0 Å². The number of rotatable bonds is 6. The summed E-state index contributed by atoms with van der Waals surface area (Å²) in [4.78, 5) is 11.3. The number of amides is 1. The van der Waals surface area contributed by atoms with Crippen molar-refractivity contribution in [2.45, 2.75) is 46.1 Å². The molecule has 0 aliphatic carbocycles. The summed E-state index contributed by atoms with van der Waals surface area (Å²) in [7, 11) is 0. The molecule has 13 heavy (non-hydrogen) atoms. The van der Waals surface area contributed by atoms with Crippen molar-refractivity contribution in [3.05, 3.63) is 0 Å². The highest BCUT2D eigenvalue weighted by atomic mass is 16.1. The summed E-state index contributed by atoms with van der Waals surface area (Å²) in [6.07, 6.45) is 3.26. The van der Waals surface area contributed by atoms with Crippen LogP contribution in [0.25, 0.3) is 0 Å². The second-order valence-corrected chi connectivity index (χ2v) is 3.74. The van der Waals surface area contributed by atoms with Crippen LogP contribution in [-0.4, -0.2) is 18.5 Å². The molecule has 0 heterocycles. The Morgan fingerprint density at radius 2 is 2.08 bits per heavy atom. The van der Waals surface area contributed by atoms with Crippen LogP contribution in [-0.2, 0) is 4.79 Å². The number of nitrogens with two attached hydrogens (primary N) is 1. The van der Waals surface area contributed by atoms with Gasteiger partial charge >= 0.3 is 0 Å². The van der Waals surface area contributed by atoms with Gasteiger partial charge in [0.2, 0.25) is 5.91 Å². The van der Waals surface area contributed by atoms with E-state index >= 15 is 0 Å². The molecule has 0 saturated carbocycles. The van der Waals surface area contributed by atoms with Gasteiger partial charge < -0.3 is 11.1 Å². The van der Waals surface area contributed by atoms with E-state index in [-0.39, 0.29) is 17.9 Å². The summed E-state index contributed by atoms with van der Waals surface area (Å²) >= 11 is 0. The van der Waals surface area contributed by atoms with Crippen LogP contribution in [0, 0.1) is 5.92 Å². The van der Waals surface area contributed by atoms with Gasteiger partial charge in [0.25, 0.3) is 0 Å². The van der Waals surface area contributed by atoms with Gasteiger partial charge in [-0.1, -0.05) is 33.6 Å². The van der Waals surface area contributed by atoms with Crippen molar-refractivity contribution in [1.82, 2.24) is 5.32 Å². The van der Waals surface area contributed by atoms with Gasteiger partial charge in [-0.3, -0.25) is 4.79 Å². The van der Waals surface area contributed by atoms with E-state index in [4.69, 9.17) is 5.73 Å². The number of hydrogen-bond donors (Lipinski definition) is 2. The van der Waals surface area contributed by atoms with E-state index < -0.39 is 0 Å². The summed E-state index contributed by atoms with van der Waals surface area (Å²) in [5.41, 5.74) is 5.55. The lowest BCUT2D eigenvalue weighted by atomic mass is 10.1. The molecule has 1 atom stereocenters. The van der Waals surface area contributed by atoms with E-state index in [9.17, 15) is 4.79 Å². The molecule has 0 aliphatic heterocycles. The number of nitrogens with one attached hydrogen (secondary N) is 1. The van der Waals surface area contributed by atoms with E-state index in [1.165, 1.54) is 0 Å². The lowest BCUT2D eigenvalue weighted by Gasteiger charge is -2.17. The Labute approximate surface area is 81.1 Å². The molecule has 0 radical (unpaired) electrons. The van der Waals surface area contributed by atoms with E-state index in [1.54, 1.807) is 0 Å². The molecule has 0 aromatic heterocycles. The zero-order valence-electron chi connectivity index (χ0n) is 8.97. The highest BCUT2D eigenvalue weighted by molar-refractivity contribution is 5.78. The minimum absolute atomic E-state index is 0.0516. The normalized spacial score (nSPS) is 13.0. The minimum atomic E-state index is 0.0516. The van der Waals surface area contributed by atoms with E-state index in [1.807, 2.05) is 13.8 Å². The molecular weight excluding hydrogens is 164 g/mol. The number of hydrogen-bond acceptors (Lipinski definition) is 2. The number of unbranched alkanes of at least 4 members (excludes halogenated alkanes) is 1. The van der Waals surface area contributed by atoms with Crippen molar-refractivity contribution in [3.63, 3.8) is 0 Å². The molecular formula is C10H22N2O. The molecule has 3 heteroatoms. The van der Waals surface area contributed by atoms with Crippen LogP contribution in [0.15, 0.2) is 0 Å². The van der Waals surface area contributed by atoms with Crippen LogP contribution >= 0.6 is 0 Å². The van der Waals surface area contributed by atoms with E-state index in [0.717, 1.165) is 19.3 Å². The van der Waals surface area contributed by atoms with Crippen LogP contribution in [0.1, 0.15) is 40.0 Å². The second kappa shape index (κ2) is 6.89. The van der Waals surface area contributed by atoms with Crippen molar-refractivity contribution < 1.29 is 4.79 Å². The highest BCUT2D eigenvalue weighted by Gasteiger charge is 2.12. The quantitative estimate of drug-likeness (QED) is 0.656. The van der Waals surface area contributed by atoms with Gasteiger partial charge in [-0.15, -0.1) is 0 Å². The van der Waals surface area contributed by atoms with Crippen molar-refractivity contribution in [3.8, 4) is 0 Å². The molecule has 1 unspecified atom stereocenters. The monoisotopic (exact) mass is 186 g/mol. The molecule has 0 spiro atoms. The van der Waals surface area contributed by atoms with Crippen molar-refractivity contribution in [2.24, 2.45) is 11.7 Å². The molecule has 0 fully saturated rings. The summed E-state index contributed by atoms with van der Waals surface area (Å²) in [6, 6.07) is 0.162. The van der Waals surface area contributed by atoms with Crippen molar-refractivity contribution >= 4 is 5.91 Å². The molecule has 3 nitrogen and oxygen atoms in total. The minimum Gasteiger partial charge on any atom is -0.352 e. The molecule has 0 aromatic carbocycles. The van der Waals surface area contributed by atoms with Crippen LogP contribution in [0.4, 0.5) is 0 Å². The predicted octanol–water partition coefficient (Wildman–Crippen LogP) is 1.28. The van der Waals surface area contributed by atoms with E-state index in [2.05, 4.69) is 12.2 Å². The van der Waals surface area contributed by atoms with Gasteiger partial charge in [0, 0.05) is 18.5 Å². The van der Waals surface area contributed by atoms with E-state index in [0.29, 0.717) is 6.54 Å². The lowest BCUT2D eigenvalue weighted by molar-refractivity contribution is -0.124. The lowest BCUT2D eigenvalue weighted by Crippen LogP contribution is -2.42. The van der Waals surface area contributed by atoms with Gasteiger partial charge in [0.05, 0.1) is 0 Å².